The van der Waals surface area contributed by atoms with Crippen LogP contribution in [-0.2, 0) is 19.0 Å². The van der Waals surface area contributed by atoms with E-state index >= 15 is 0 Å². The third-order valence-electron chi connectivity index (χ3n) is 1.58. The molecule has 66 valence electrons. The average molecular weight is 180 g/mol. The summed E-state index contributed by atoms with van der Waals surface area (Å²) in [6.45, 7) is 2.45. The molecule has 5 heteroatoms. The number of hydrogen-bond acceptors (Lipinski definition) is 4. The van der Waals surface area contributed by atoms with Crippen molar-refractivity contribution in [2.75, 3.05) is 19.0 Å². The summed E-state index contributed by atoms with van der Waals surface area (Å²) in [4.78, 5) is 0. The Labute approximate surface area is 66.6 Å². The van der Waals surface area contributed by atoms with E-state index in [1.165, 1.54) is 0 Å². The Hall–Kier alpha value is -0.130. The van der Waals surface area contributed by atoms with Crippen LogP contribution >= 0.6 is 0 Å². The average Bonchev–Trinajstić information content (AvgIpc) is 1.84. The molecular weight excluding hydrogens is 168 g/mol. The van der Waals surface area contributed by atoms with Crippen LogP contribution in [0, 0.1) is 0 Å². The smallest absolute Gasteiger partial charge is 0.267 e. The van der Waals surface area contributed by atoms with Gasteiger partial charge in [0, 0.05) is 6.61 Å². The minimum absolute atomic E-state index is 0.00340. The van der Waals surface area contributed by atoms with Crippen molar-refractivity contribution in [1.82, 2.24) is 0 Å². The minimum atomic E-state index is -3.27. The summed E-state index contributed by atoms with van der Waals surface area (Å²) in [6.07, 6.45) is 0.899. The molecule has 0 radical (unpaired) electrons. The molecule has 1 heterocycles. The van der Waals surface area contributed by atoms with Gasteiger partial charge in [0.05, 0.1) is 18.5 Å². The lowest BCUT2D eigenvalue weighted by Gasteiger charge is -2.25. The molecule has 0 aromatic rings. The van der Waals surface area contributed by atoms with Crippen LogP contribution in [0.1, 0.15) is 13.3 Å². The van der Waals surface area contributed by atoms with Crippen molar-refractivity contribution in [3.8, 4) is 0 Å². The first kappa shape index (κ1) is 8.96. The maximum Gasteiger partial charge on any atom is 0.267 e. The molecule has 0 aromatic carbocycles. The van der Waals surface area contributed by atoms with Gasteiger partial charge in [-0.1, -0.05) is 0 Å². The summed E-state index contributed by atoms with van der Waals surface area (Å²) in [5.41, 5.74) is 0. The van der Waals surface area contributed by atoms with Gasteiger partial charge >= 0.3 is 0 Å². The van der Waals surface area contributed by atoms with Crippen molar-refractivity contribution in [3.63, 3.8) is 0 Å². The molecule has 1 aliphatic heterocycles. The molecule has 1 rings (SSSR count). The fourth-order valence-corrected chi connectivity index (χ4v) is 1.20. The second-order valence-corrected chi connectivity index (χ2v) is 4.34. The third kappa shape index (κ3) is 2.76. The zero-order valence-electron chi connectivity index (χ0n) is 6.45. The Balaban J connectivity index is 2.20. The van der Waals surface area contributed by atoms with E-state index in [9.17, 15) is 8.42 Å². The summed E-state index contributed by atoms with van der Waals surface area (Å²) >= 11 is 0. The number of rotatable bonds is 4. The first-order chi connectivity index (χ1) is 5.14. The second-order valence-electron chi connectivity index (χ2n) is 2.41. The van der Waals surface area contributed by atoms with E-state index in [1.54, 1.807) is 6.92 Å². The van der Waals surface area contributed by atoms with E-state index in [1.807, 2.05) is 0 Å². The van der Waals surface area contributed by atoms with Gasteiger partial charge in [-0.2, -0.15) is 8.42 Å². The number of hydrogen-bond donors (Lipinski definition) is 0. The van der Waals surface area contributed by atoms with Gasteiger partial charge in [-0.3, -0.25) is 4.18 Å². The van der Waals surface area contributed by atoms with Crippen molar-refractivity contribution in [3.05, 3.63) is 0 Å². The number of ether oxygens (including phenoxy) is 1. The molecule has 0 N–H and O–H groups in total. The van der Waals surface area contributed by atoms with Crippen LogP contribution in [-0.4, -0.2) is 33.5 Å². The Morgan fingerprint density at radius 2 is 2.27 bits per heavy atom. The van der Waals surface area contributed by atoms with E-state index in [0.29, 0.717) is 0 Å². The van der Waals surface area contributed by atoms with Crippen molar-refractivity contribution in [2.45, 2.75) is 19.4 Å². The van der Waals surface area contributed by atoms with E-state index in [2.05, 4.69) is 4.18 Å². The van der Waals surface area contributed by atoms with E-state index in [-0.39, 0.29) is 18.5 Å². The fourth-order valence-electron chi connectivity index (χ4n) is 0.679. The van der Waals surface area contributed by atoms with Crippen molar-refractivity contribution >= 4 is 10.1 Å². The standard InChI is InChI=1S/C6H12O4S/c1-2-11(7,8)10-5-6-3-4-9-6/h6H,2-5H2,1H3. The largest absolute Gasteiger partial charge is 0.376 e. The maximum atomic E-state index is 10.8. The Morgan fingerprint density at radius 1 is 1.64 bits per heavy atom. The lowest BCUT2D eigenvalue weighted by atomic mass is 10.2. The zero-order valence-corrected chi connectivity index (χ0v) is 7.26. The Bertz CT molecular complexity index is 205. The molecule has 0 saturated carbocycles. The van der Waals surface area contributed by atoms with E-state index in [4.69, 9.17) is 4.74 Å². The monoisotopic (exact) mass is 180 g/mol. The normalized spacial score (nSPS) is 24.6. The SMILES string of the molecule is CCS(=O)(=O)OCC1CCO1. The fraction of sp³-hybridized carbons (Fsp3) is 1.00. The van der Waals surface area contributed by atoms with Crippen LogP contribution in [0.4, 0.5) is 0 Å². The molecule has 4 nitrogen and oxygen atoms in total. The van der Waals surface area contributed by atoms with E-state index in [0.717, 1.165) is 13.0 Å². The van der Waals surface area contributed by atoms with Crippen LogP contribution in [0.15, 0.2) is 0 Å². The van der Waals surface area contributed by atoms with Gasteiger partial charge in [-0.25, -0.2) is 0 Å². The van der Waals surface area contributed by atoms with Crippen LogP contribution in [0.25, 0.3) is 0 Å². The van der Waals surface area contributed by atoms with Gasteiger partial charge in [0.15, 0.2) is 0 Å². The molecule has 11 heavy (non-hydrogen) atoms. The third-order valence-corrected chi connectivity index (χ3v) is 2.78. The van der Waals surface area contributed by atoms with Crippen molar-refractivity contribution in [1.29, 1.82) is 0 Å². The molecule has 0 aliphatic carbocycles. The van der Waals surface area contributed by atoms with Crippen LogP contribution < -0.4 is 0 Å². The maximum absolute atomic E-state index is 10.8. The van der Waals surface area contributed by atoms with Gasteiger partial charge in [-0.05, 0) is 13.3 Å². The molecular formula is C6H12O4S. The van der Waals surface area contributed by atoms with Gasteiger partial charge in [-0.15, -0.1) is 0 Å². The lowest BCUT2D eigenvalue weighted by Crippen LogP contribution is -2.32. The molecule has 1 aliphatic rings. The minimum Gasteiger partial charge on any atom is -0.376 e. The molecule has 1 atom stereocenters. The molecule has 0 spiro atoms. The molecule has 1 unspecified atom stereocenters. The molecule has 1 fully saturated rings. The molecule has 0 bridgehead atoms. The van der Waals surface area contributed by atoms with Crippen LogP contribution in [0.3, 0.4) is 0 Å². The first-order valence-electron chi connectivity index (χ1n) is 3.63. The van der Waals surface area contributed by atoms with Crippen LogP contribution in [0.5, 0.6) is 0 Å². The summed E-state index contributed by atoms with van der Waals surface area (Å²) in [6, 6.07) is 0. The van der Waals surface area contributed by atoms with E-state index < -0.39 is 10.1 Å². The topological polar surface area (TPSA) is 52.6 Å². The molecule has 0 amide bonds. The first-order valence-corrected chi connectivity index (χ1v) is 5.20. The Kier molecular flexibility index (Phi) is 2.86. The predicted molar refractivity (Wildman–Crippen MR) is 39.8 cm³/mol. The summed E-state index contributed by atoms with van der Waals surface area (Å²) in [5.74, 6) is 0.0275. The predicted octanol–water partition coefficient (Wildman–Crippen LogP) is 0.142. The lowest BCUT2D eigenvalue weighted by molar-refractivity contribution is -0.0710. The quantitative estimate of drug-likeness (QED) is 0.577. The van der Waals surface area contributed by atoms with Gasteiger partial charge in [0.2, 0.25) is 0 Å². The zero-order chi connectivity index (χ0) is 8.32. The molecule has 1 saturated heterocycles. The summed E-state index contributed by atoms with van der Waals surface area (Å²) in [5, 5.41) is 0. The van der Waals surface area contributed by atoms with Crippen molar-refractivity contribution < 1.29 is 17.3 Å². The highest BCUT2D eigenvalue weighted by Crippen LogP contribution is 2.11. The molecule has 0 aromatic heterocycles. The van der Waals surface area contributed by atoms with Gasteiger partial charge < -0.3 is 4.74 Å². The second kappa shape index (κ2) is 3.51. The van der Waals surface area contributed by atoms with Crippen LogP contribution in [0.2, 0.25) is 0 Å². The summed E-state index contributed by atoms with van der Waals surface area (Å²) < 4.78 is 31.1. The van der Waals surface area contributed by atoms with Gasteiger partial charge in [0.1, 0.15) is 0 Å². The highest BCUT2D eigenvalue weighted by atomic mass is 32.2. The van der Waals surface area contributed by atoms with Gasteiger partial charge in [0.25, 0.3) is 10.1 Å². The van der Waals surface area contributed by atoms with Crippen molar-refractivity contribution in [2.24, 2.45) is 0 Å². The highest BCUT2D eigenvalue weighted by molar-refractivity contribution is 7.86. The highest BCUT2D eigenvalue weighted by Gasteiger charge is 2.20. The Morgan fingerprint density at radius 3 is 2.64 bits per heavy atom. The summed E-state index contributed by atoms with van der Waals surface area (Å²) in [7, 11) is -3.27.